The third-order valence-electron chi connectivity index (χ3n) is 6.97. The van der Waals surface area contributed by atoms with E-state index in [1.165, 1.54) is 6.42 Å². The van der Waals surface area contributed by atoms with Gasteiger partial charge in [-0.05, 0) is 37.5 Å². The predicted octanol–water partition coefficient (Wildman–Crippen LogP) is 4.50. The van der Waals surface area contributed by atoms with Crippen LogP contribution in [0.1, 0.15) is 55.1 Å². The Kier molecular flexibility index (Phi) is 5.05. The number of amides is 2. The molecule has 0 saturated heterocycles. The maximum Gasteiger partial charge on any atom is 0.271 e. The molecule has 160 valence electrons. The molecule has 5 nitrogen and oxygen atoms in total. The Morgan fingerprint density at radius 2 is 1.74 bits per heavy atom. The van der Waals surface area contributed by atoms with E-state index in [0.29, 0.717) is 18.8 Å². The van der Waals surface area contributed by atoms with E-state index in [1.54, 1.807) is 0 Å². The van der Waals surface area contributed by atoms with Crippen LogP contribution in [0.4, 0.5) is 0 Å². The number of hydrogen-bond acceptors (Lipinski definition) is 2. The van der Waals surface area contributed by atoms with Crippen molar-refractivity contribution >= 4 is 22.7 Å². The molecule has 2 amide bonds. The molecule has 1 N–H and O–H groups in total. The third kappa shape index (κ3) is 3.42. The predicted molar refractivity (Wildman–Crippen MR) is 122 cm³/mol. The van der Waals surface area contributed by atoms with Gasteiger partial charge in [-0.15, -0.1) is 0 Å². The van der Waals surface area contributed by atoms with E-state index < -0.39 is 5.54 Å². The average Bonchev–Trinajstić information content (AvgIpc) is 3.17. The van der Waals surface area contributed by atoms with Gasteiger partial charge in [0.15, 0.2) is 0 Å². The summed E-state index contributed by atoms with van der Waals surface area (Å²) in [7, 11) is 0. The lowest BCUT2D eigenvalue weighted by Gasteiger charge is -2.49. The van der Waals surface area contributed by atoms with Gasteiger partial charge in [-0.1, -0.05) is 67.8 Å². The topological polar surface area (TPSA) is 54.3 Å². The van der Waals surface area contributed by atoms with Gasteiger partial charge in [-0.2, -0.15) is 0 Å². The Morgan fingerprint density at radius 3 is 2.52 bits per heavy atom. The van der Waals surface area contributed by atoms with Gasteiger partial charge in [-0.25, -0.2) is 0 Å². The first kappa shape index (κ1) is 19.9. The molecular weight excluding hydrogens is 386 g/mol. The molecule has 1 fully saturated rings. The number of aromatic nitrogens is 1. The second kappa shape index (κ2) is 7.88. The van der Waals surface area contributed by atoms with E-state index in [9.17, 15) is 9.59 Å². The van der Waals surface area contributed by atoms with Crippen LogP contribution in [0.2, 0.25) is 0 Å². The Bertz CT molecular complexity index is 1110. The van der Waals surface area contributed by atoms with E-state index in [2.05, 4.69) is 5.32 Å². The smallest absolute Gasteiger partial charge is 0.271 e. The molecule has 0 spiro atoms. The van der Waals surface area contributed by atoms with Crippen LogP contribution < -0.4 is 5.32 Å². The Morgan fingerprint density at radius 1 is 1.03 bits per heavy atom. The standard InChI is InChI=1S/C26H29N3O2/c1-26(25(31)27-17-19-10-4-2-5-11-19)18-28-22-15-9-8-12-20(22)16-23(28)24(30)29(26)21-13-6-3-7-14-21/h2,4-5,8-12,15-16,21H,3,6-7,13-14,17-18H2,1H3,(H,27,31)/t26-/m1/s1. The largest absolute Gasteiger partial charge is 0.350 e. The van der Waals surface area contributed by atoms with Crippen molar-refractivity contribution in [1.82, 2.24) is 14.8 Å². The number of carbonyl (C=O) groups excluding carboxylic acids is 2. The minimum absolute atomic E-state index is 0.0216. The lowest BCUT2D eigenvalue weighted by Crippen LogP contribution is -2.66. The van der Waals surface area contributed by atoms with Gasteiger partial charge in [0.2, 0.25) is 5.91 Å². The third-order valence-corrected chi connectivity index (χ3v) is 6.97. The first-order valence-electron chi connectivity index (χ1n) is 11.3. The zero-order valence-electron chi connectivity index (χ0n) is 18.0. The van der Waals surface area contributed by atoms with Crippen LogP contribution in [-0.2, 0) is 17.9 Å². The van der Waals surface area contributed by atoms with E-state index in [0.717, 1.165) is 42.1 Å². The SMILES string of the molecule is C[C@]1(C(=O)NCc2ccccc2)Cn2c(cc3ccccc32)C(=O)N1C1CCCCC1. The number of nitrogens with zero attached hydrogens (tertiary/aromatic N) is 2. The molecule has 0 radical (unpaired) electrons. The highest BCUT2D eigenvalue weighted by atomic mass is 16.2. The average molecular weight is 416 g/mol. The zero-order chi connectivity index (χ0) is 21.4. The molecule has 2 aromatic carbocycles. The Balaban J connectivity index is 1.53. The van der Waals surface area contributed by atoms with Crippen molar-refractivity contribution in [1.29, 1.82) is 0 Å². The van der Waals surface area contributed by atoms with Gasteiger partial charge in [0.1, 0.15) is 11.2 Å². The number of rotatable bonds is 4. The molecule has 0 unspecified atom stereocenters. The summed E-state index contributed by atoms with van der Waals surface area (Å²) in [5, 5.41) is 4.17. The second-order valence-electron chi connectivity index (χ2n) is 9.08. The number of para-hydroxylation sites is 1. The lowest BCUT2D eigenvalue weighted by molar-refractivity contribution is -0.134. The van der Waals surface area contributed by atoms with Crippen molar-refractivity contribution in [2.24, 2.45) is 0 Å². The Labute approximate surface area is 183 Å². The van der Waals surface area contributed by atoms with Crippen LogP contribution in [0.15, 0.2) is 60.7 Å². The summed E-state index contributed by atoms with van der Waals surface area (Å²) in [6, 6.07) is 20.1. The fourth-order valence-electron chi connectivity index (χ4n) is 5.35. The van der Waals surface area contributed by atoms with Gasteiger partial charge in [0.25, 0.3) is 5.91 Å². The van der Waals surface area contributed by atoms with E-state index in [4.69, 9.17) is 0 Å². The number of benzene rings is 2. The van der Waals surface area contributed by atoms with Gasteiger partial charge < -0.3 is 14.8 Å². The minimum atomic E-state index is -0.928. The monoisotopic (exact) mass is 415 g/mol. The number of fused-ring (bicyclic) bond motifs is 3. The van der Waals surface area contributed by atoms with Gasteiger partial charge >= 0.3 is 0 Å². The first-order valence-corrected chi connectivity index (χ1v) is 11.3. The van der Waals surface area contributed by atoms with Crippen molar-refractivity contribution in [3.05, 3.63) is 71.9 Å². The van der Waals surface area contributed by atoms with Crippen LogP contribution >= 0.6 is 0 Å². The maximum atomic E-state index is 13.8. The Hall–Kier alpha value is -3.08. The summed E-state index contributed by atoms with van der Waals surface area (Å²) in [4.78, 5) is 29.4. The molecule has 1 aromatic heterocycles. The quantitative estimate of drug-likeness (QED) is 0.682. The van der Waals surface area contributed by atoms with Crippen molar-refractivity contribution in [2.45, 2.75) is 63.7 Å². The van der Waals surface area contributed by atoms with Gasteiger partial charge in [-0.3, -0.25) is 9.59 Å². The molecule has 31 heavy (non-hydrogen) atoms. The highest BCUT2D eigenvalue weighted by Crippen LogP contribution is 2.37. The summed E-state index contributed by atoms with van der Waals surface area (Å²) in [6.07, 6.45) is 5.36. The van der Waals surface area contributed by atoms with Gasteiger partial charge in [0, 0.05) is 23.5 Å². The molecule has 1 aliphatic carbocycles. The molecule has 5 rings (SSSR count). The molecule has 3 aromatic rings. The number of hydrogen-bond donors (Lipinski definition) is 1. The number of carbonyl (C=O) groups is 2. The van der Waals surface area contributed by atoms with Crippen molar-refractivity contribution in [3.63, 3.8) is 0 Å². The summed E-state index contributed by atoms with van der Waals surface area (Å²) in [6.45, 7) is 2.87. The van der Waals surface area contributed by atoms with Crippen LogP contribution in [-0.4, -0.2) is 32.9 Å². The fraction of sp³-hybridized carbons (Fsp3) is 0.385. The minimum Gasteiger partial charge on any atom is -0.350 e. The lowest BCUT2D eigenvalue weighted by atomic mass is 9.86. The summed E-state index contributed by atoms with van der Waals surface area (Å²) in [5.74, 6) is -0.106. The molecule has 1 saturated carbocycles. The molecular formula is C26H29N3O2. The molecule has 5 heteroatoms. The van der Waals surface area contributed by atoms with Crippen molar-refractivity contribution in [2.75, 3.05) is 0 Å². The normalized spacial score (nSPS) is 21.8. The highest BCUT2D eigenvalue weighted by molar-refractivity contribution is 6.03. The van der Waals surface area contributed by atoms with E-state index in [1.807, 2.05) is 77.1 Å². The highest BCUT2D eigenvalue weighted by Gasteiger charge is 2.50. The van der Waals surface area contributed by atoms with Crippen LogP contribution in [0.5, 0.6) is 0 Å². The van der Waals surface area contributed by atoms with Crippen LogP contribution in [0, 0.1) is 0 Å². The maximum absolute atomic E-state index is 13.8. The van der Waals surface area contributed by atoms with E-state index >= 15 is 0 Å². The van der Waals surface area contributed by atoms with Crippen molar-refractivity contribution < 1.29 is 9.59 Å². The van der Waals surface area contributed by atoms with Crippen LogP contribution in [0.3, 0.4) is 0 Å². The fourth-order valence-corrected chi connectivity index (χ4v) is 5.35. The van der Waals surface area contributed by atoms with Crippen LogP contribution in [0.25, 0.3) is 10.9 Å². The zero-order valence-corrected chi connectivity index (χ0v) is 18.0. The van der Waals surface area contributed by atoms with E-state index in [-0.39, 0.29) is 17.9 Å². The van der Waals surface area contributed by atoms with Crippen molar-refractivity contribution in [3.8, 4) is 0 Å². The molecule has 1 aliphatic heterocycles. The second-order valence-corrected chi connectivity index (χ2v) is 9.08. The summed E-state index contributed by atoms with van der Waals surface area (Å²) < 4.78 is 2.04. The summed E-state index contributed by atoms with van der Waals surface area (Å²) >= 11 is 0. The molecule has 2 heterocycles. The molecule has 2 aliphatic rings. The molecule has 0 bridgehead atoms. The molecule has 1 atom stereocenters. The van der Waals surface area contributed by atoms with Gasteiger partial charge in [0.05, 0.1) is 6.54 Å². The summed E-state index contributed by atoms with van der Waals surface area (Å²) in [5.41, 5.74) is 1.83. The first-order chi connectivity index (χ1) is 15.1. The number of nitrogens with one attached hydrogen (secondary N) is 1.